The van der Waals surface area contributed by atoms with Crippen molar-refractivity contribution in [3.63, 3.8) is 0 Å². The minimum atomic E-state index is -1.14. The highest BCUT2D eigenvalue weighted by Gasteiger charge is 2.14. The summed E-state index contributed by atoms with van der Waals surface area (Å²) in [5, 5.41) is 13.1. The maximum absolute atomic E-state index is 13.2. The molecule has 7 heteroatoms. The summed E-state index contributed by atoms with van der Waals surface area (Å²) in [6.07, 6.45) is 1.53. The zero-order valence-electron chi connectivity index (χ0n) is 9.92. The van der Waals surface area contributed by atoms with Crippen LogP contribution in [-0.4, -0.2) is 25.7 Å². The van der Waals surface area contributed by atoms with Gasteiger partial charge in [0.2, 0.25) is 0 Å². The lowest BCUT2D eigenvalue weighted by Gasteiger charge is -1.95. The van der Waals surface area contributed by atoms with Crippen molar-refractivity contribution in [2.45, 2.75) is 0 Å². The Hall–Kier alpha value is -2.83. The Labute approximate surface area is 111 Å². The van der Waals surface area contributed by atoms with Crippen molar-refractivity contribution in [3.8, 4) is 11.4 Å². The van der Waals surface area contributed by atoms with Gasteiger partial charge in [-0.15, -0.1) is 5.10 Å². The van der Waals surface area contributed by atoms with Gasteiger partial charge in [0, 0.05) is 11.8 Å². The fourth-order valence-electron chi connectivity index (χ4n) is 1.83. The van der Waals surface area contributed by atoms with Crippen LogP contribution in [0.15, 0.2) is 36.5 Å². The molecule has 3 rings (SSSR count). The largest absolute Gasteiger partial charge is 0.478 e. The first-order valence-corrected chi connectivity index (χ1v) is 5.60. The van der Waals surface area contributed by atoms with E-state index < -0.39 is 17.6 Å². The van der Waals surface area contributed by atoms with E-state index >= 15 is 0 Å². The number of halogens is 2. The number of carbonyl (C=O) groups is 1. The molecule has 1 aromatic carbocycles. The fourth-order valence-corrected chi connectivity index (χ4v) is 1.83. The third-order valence-electron chi connectivity index (χ3n) is 2.77. The number of rotatable bonds is 2. The zero-order valence-corrected chi connectivity index (χ0v) is 9.92. The summed E-state index contributed by atoms with van der Waals surface area (Å²) < 4.78 is 27.4. The molecule has 0 atom stereocenters. The summed E-state index contributed by atoms with van der Waals surface area (Å²) in [5.74, 6) is -3.00. The molecule has 5 nitrogen and oxygen atoms in total. The predicted octanol–water partition coefficient (Wildman–Crippen LogP) is 2.37. The first-order valence-electron chi connectivity index (χ1n) is 5.60. The number of carboxylic acid groups (broad SMARTS) is 1. The average molecular weight is 275 g/mol. The Morgan fingerprint density at radius 3 is 2.70 bits per heavy atom. The Balaban J connectivity index is 2.20. The molecular weight excluding hydrogens is 268 g/mol. The maximum Gasteiger partial charge on any atom is 0.339 e. The molecule has 0 aliphatic carbocycles. The molecule has 3 aromatic rings. The highest BCUT2D eigenvalue weighted by Crippen LogP contribution is 2.20. The molecule has 2 aromatic heterocycles. The van der Waals surface area contributed by atoms with Gasteiger partial charge in [-0.25, -0.2) is 23.1 Å². The number of aromatic nitrogens is 3. The van der Waals surface area contributed by atoms with Gasteiger partial charge in [-0.2, -0.15) is 0 Å². The van der Waals surface area contributed by atoms with Crippen LogP contribution >= 0.6 is 0 Å². The van der Waals surface area contributed by atoms with Gasteiger partial charge in [-0.05, 0) is 30.3 Å². The van der Waals surface area contributed by atoms with Crippen LogP contribution in [0.2, 0.25) is 0 Å². The normalized spacial score (nSPS) is 10.9. The third kappa shape index (κ3) is 1.89. The summed E-state index contributed by atoms with van der Waals surface area (Å²) in [6, 6.07) is 6.16. The second kappa shape index (κ2) is 4.37. The molecule has 0 spiro atoms. The van der Waals surface area contributed by atoms with Crippen molar-refractivity contribution in [2.75, 3.05) is 0 Å². The second-order valence-corrected chi connectivity index (χ2v) is 4.06. The van der Waals surface area contributed by atoms with Gasteiger partial charge in [-0.3, -0.25) is 0 Å². The lowest BCUT2D eigenvalue weighted by Crippen LogP contribution is -2.00. The molecular formula is C13H7F2N3O2. The summed E-state index contributed by atoms with van der Waals surface area (Å²) in [4.78, 5) is 15.1. The smallest absolute Gasteiger partial charge is 0.339 e. The van der Waals surface area contributed by atoms with E-state index in [1.165, 1.54) is 28.9 Å². The van der Waals surface area contributed by atoms with E-state index in [1.807, 2.05) is 0 Å². The average Bonchev–Trinajstić information content (AvgIpc) is 2.85. The van der Waals surface area contributed by atoms with Gasteiger partial charge in [0.15, 0.2) is 23.1 Å². The Morgan fingerprint density at radius 1 is 1.20 bits per heavy atom. The maximum atomic E-state index is 13.2. The summed E-state index contributed by atoms with van der Waals surface area (Å²) in [7, 11) is 0. The standard InChI is InChI=1S/C13H7F2N3O2/c14-9-4-3-7(6-10(9)15)11-16-12-8(13(19)20)2-1-5-18(12)17-11/h1-6H,(H,19,20). The lowest BCUT2D eigenvalue weighted by molar-refractivity contribution is 0.0698. The van der Waals surface area contributed by atoms with Crippen LogP contribution in [0.4, 0.5) is 8.78 Å². The van der Waals surface area contributed by atoms with Crippen molar-refractivity contribution in [2.24, 2.45) is 0 Å². The number of aromatic carboxylic acids is 1. The highest BCUT2D eigenvalue weighted by molar-refractivity contribution is 5.94. The topological polar surface area (TPSA) is 67.5 Å². The molecule has 20 heavy (non-hydrogen) atoms. The summed E-state index contributed by atoms with van der Waals surface area (Å²) >= 11 is 0. The van der Waals surface area contributed by atoms with Gasteiger partial charge in [-0.1, -0.05) is 0 Å². The lowest BCUT2D eigenvalue weighted by atomic mass is 10.2. The monoisotopic (exact) mass is 275 g/mol. The number of benzene rings is 1. The van der Waals surface area contributed by atoms with Gasteiger partial charge in [0.05, 0.1) is 0 Å². The molecule has 0 saturated heterocycles. The summed E-state index contributed by atoms with van der Waals surface area (Å²) in [5.41, 5.74) is 0.387. The second-order valence-electron chi connectivity index (χ2n) is 4.06. The molecule has 0 amide bonds. The van der Waals surface area contributed by atoms with Crippen LogP contribution in [0.3, 0.4) is 0 Å². The van der Waals surface area contributed by atoms with E-state index in [0.717, 1.165) is 12.1 Å². The van der Waals surface area contributed by atoms with Gasteiger partial charge in [0.1, 0.15) is 5.56 Å². The first kappa shape index (κ1) is 12.2. The van der Waals surface area contributed by atoms with E-state index in [9.17, 15) is 13.6 Å². The van der Waals surface area contributed by atoms with E-state index in [4.69, 9.17) is 5.11 Å². The highest BCUT2D eigenvalue weighted by atomic mass is 19.2. The van der Waals surface area contributed by atoms with Crippen molar-refractivity contribution in [1.82, 2.24) is 14.6 Å². The van der Waals surface area contributed by atoms with Crippen LogP contribution in [0, 0.1) is 11.6 Å². The number of nitrogens with zero attached hydrogens (tertiary/aromatic N) is 3. The SMILES string of the molecule is O=C(O)c1cccn2nc(-c3ccc(F)c(F)c3)nc12. The zero-order chi connectivity index (χ0) is 14.3. The van der Waals surface area contributed by atoms with E-state index in [0.29, 0.717) is 0 Å². The molecule has 0 saturated carbocycles. The van der Waals surface area contributed by atoms with Crippen molar-refractivity contribution < 1.29 is 18.7 Å². The Bertz CT molecular complexity index is 830. The third-order valence-corrected chi connectivity index (χ3v) is 2.77. The minimum Gasteiger partial charge on any atom is -0.478 e. The van der Waals surface area contributed by atoms with E-state index in [2.05, 4.69) is 10.1 Å². The minimum absolute atomic E-state index is 0.0196. The number of carboxylic acids is 1. The molecule has 1 N–H and O–H groups in total. The van der Waals surface area contributed by atoms with Crippen molar-refractivity contribution in [3.05, 3.63) is 53.7 Å². The number of hydrogen-bond donors (Lipinski definition) is 1. The molecule has 0 radical (unpaired) electrons. The molecule has 0 fully saturated rings. The molecule has 0 bridgehead atoms. The van der Waals surface area contributed by atoms with Gasteiger partial charge >= 0.3 is 5.97 Å². The van der Waals surface area contributed by atoms with Crippen LogP contribution in [-0.2, 0) is 0 Å². The molecule has 0 aliphatic rings. The van der Waals surface area contributed by atoms with Crippen LogP contribution < -0.4 is 0 Å². The van der Waals surface area contributed by atoms with Crippen LogP contribution in [0.25, 0.3) is 17.0 Å². The van der Waals surface area contributed by atoms with Crippen molar-refractivity contribution >= 4 is 11.6 Å². The predicted molar refractivity (Wildman–Crippen MR) is 65.3 cm³/mol. The molecule has 2 heterocycles. The van der Waals surface area contributed by atoms with E-state index in [-0.39, 0.29) is 22.6 Å². The molecule has 0 unspecified atom stereocenters. The first-order chi connectivity index (χ1) is 9.56. The Morgan fingerprint density at radius 2 is 2.00 bits per heavy atom. The van der Waals surface area contributed by atoms with E-state index in [1.54, 1.807) is 0 Å². The summed E-state index contributed by atoms with van der Waals surface area (Å²) in [6.45, 7) is 0. The van der Waals surface area contributed by atoms with Crippen LogP contribution in [0.1, 0.15) is 10.4 Å². The fraction of sp³-hybridized carbons (Fsp3) is 0. The molecule has 100 valence electrons. The number of hydrogen-bond acceptors (Lipinski definition) is 3. The van der Waals surface area contributed by atoms with Gasteiger partial charge < -0.3 is 5.11 Å². The Kier molecular flexibility index (Phi) is 2.67. The van der Waals surface area contributed by atoms with Crippen LogP contribution in [0.5, 0.6) is 0 Å². The number of fused-ring (bicyclic) bond motifs is 1. The van der Waals surface area contributed by atoms with Crippen molar-refractivity contribution in [1.29, 1.82) is 0 Å². The molecule has 0 aliphatic heterocycles. The quantitative estimate of drug-likeness (QED) is 0.779. The number of pyridine rings is 1. The van der Waals surface area contributed by atoms with Gasteiger partial charge in [0.25, 0.3) is 0 Å².